The lowest BCUT2D eigenvalue weighted by atomic mass is 10.1. The van der Waals surface area contributed by atoms with Gasteiger partial charge >= 0.3 is 0 Å². The van der Waals surface area contributed by atoms with Crippen LogP contribution in [0.5, 0.6) is 5.75 Å². The van der Waals surface area contributed by atoms with E-state index in [4.69, 9.17) is 21.1 Å². The lowest BCUT2D eigenvalue weighted by molar-refractivity contribution is -0.0168. The number of benzene rings is 2. The molecule has 2 heterocycles. The van der Waals surface area contributed by atoms with Crippen molar-refractivity contribution in [1.82, 2.24) is 10.2 Å². The predicted octanol–water partition coefficient (Wildman–Crippen LogP) is 5.40. The first-order valence-electron chi connectivity index (χ1n) is 7.99. The second-order valence-corrected chi connectivity index (χ2v) is 8.46. The monoisotopic (exact) mass is 405 g/mol. The molecule has 0 amide bonds. The highest BCUT2D eigenvalue weighted by molar-refractivity contribution is 8.00. The summed E-state index contributed by atoms with van der Waals surface area (Å²) >= 11 is 9.36. The van der Waals surface area contributed by atoms with Crippen LogP contribution in [-0.4, -0.2) is 17.0 Å². The maximum Gasteiger partial charge on any atom is 0.210 e. The fraction of sp³-hybridized carbons (Fsp3) is 0.222. The quantitative estimate of drug-likeness (QED) is 0.573. The summed E-state index contributed by atoms with van der Waals surface area (Å²) in [6.45, 7) is 2.86. The van der Waals surface area contributed by atoms with Crippen molar-refractivity contribution in [3.8, 4) is 5.75 Å². The zero-order chi connectivity index (χ0) is 17.9. The first-order chi connectivity index (χ1) is 12.7. The number of nitrogens with zero attached hydrogens (tertiary/aromatic N) is 2. The maximum atomic E-state index is 6.21. The summed E-state index contributed by atoms with van der Waals surface area (Å²) in [4.78, 5) is 0. The number of nitrogens with one attached hydrogen (secondary N) is 1. The Morgan fingerprint density at radius 2 is 2.19 bits per heavy atom. The van der Waals surface area contributed by atoms with Crippen LogP contribution in [0.25, 0.3) is 0 Å². The second-order valence-electron chi connectivity index (χ2n) is 5.82. The molecule has 1 N–H and O–H groups in total. The highest BCUT2D eigenvalue weighted by Gasteiger charge is 2.17. The Balaban J connectivity index is 1.45. The van der Waals surface area contributed by atoms with Crippen LogP contribution in [0.1, 0.15) is 16.7 Å². The SMILES string of the molecule is Cc1cccc(Nc2nnc(SCc3cc(Cl)cc4c3OCOC4)s2)c1. The van der Waals surface area contributed by atoms with E-state index in [0.29, 0.717) is 17.4 Å². The van der Waals surface area contributed by atoms with Crippen LogP contribution < -0.4 is 10.1 Å². The van der Waals surface area contributed by atoms with E-state index in [9.17, 15) is 0 Å². The van der Waals surface area contributed by atoms with Crippen molar-refractivity contribution in [2.75, 3.05) is 12.1 Å². The van der Waals surface area contributed by atoms with E-state index in [0.717, 1.165) is 32.0 Å². The molecule has 8 heteroatoms. The van der Waals surface area contributed by atoms with Gasteiger partial charge in [-0.1, -0.05) is 46.8 Å². The highest BCUT2D eigenvalue weighted by Crippen LogP contribution is 2.37. The maximum absolute atomic E-state index is 6.21. The molecular formula is C18H16ClN3O2S2. The molecule has 2 aromatic carbocycles. The van der Waals surface area contributed by atoms with Crippen LogP contribution in [-0.2, 0) is 17.1 Å². The number of halogens is 1. The van der Waals surface area contributed by atoms with E-state index in [1.807, 2.05) is 24.3 Å². The van der Waals surface area contributed by atoms with Crippen molar-refractivity contribution in [3.05, 3.63) is 58.1 Å². The molecular weight excluding hydrogens is 390 g/mol. The molecule has 0 saturated carbocycles. The van der Waals surface area contributed by atoms with Crippen molar-refractivity contribution < 1.29 is 9.47 Å². The average molecular weight is 406 g/mol. The first-order valence-corrected chi connectivity index (χ1v) is 10.2. The molecule has 1 aliphatic heterocycles. The van der Waals surface area contributed by atoms with E-state index in [1.54, 1.807) is 11.8 Å². The predicted molar refractivity (Wildman–Crippen MR) is 106 cm³/mol. The smallest absolute Gasteiger partial charge is 0.210 e. The standard InChI is InChI=1S/C18H16ClN3O2S2/c1-11-3-2-4-15(5-11)20-17-21-22-18(26-17)25-9-13-7-14(19)6-12-8-23-10-24-16(12)13/h2-7H,8-10H2,1H3,(H,20,21). The van der Waals surface area contributed by atoms with E-state index >= 15 is 0 Å². The molecule has 1 aromatic heterocycles. The molecule has 5 nitrogen and oxygen atoms in total. The van der Waals surface area contributed by atoms with Crippen LogP contribution in [0, 0.1) is 6.92 Å². The van der Waals surface area contributed by atoms with Gasteiger partial charge in [-0.2, -0.15) is 0 Å². The first kappa shape index (κ1) is 17.6. The fourth-order valence-corrected chi connectivity index (χ4v) is 4.67. The van der Waals surface area contributed by atoms with E-state index < -0.39 is 0 Å². The summed E-state index contributed by atoms with van der Waals surface area (Å²) in [6.07, 6.45) is 0. The molecule has 0 fully saturated rings. The van der Waals surface area contributed by atoms with Crippen LogP contribution >= 0.6 is 34.7 Å². The van der Waals surface area contributed by atoms with Gasteiger partial charge in [0.2, 0.25) is 5.13 Å². The van der Waals surface area contributed by atoms with Crippen molar-refractivity contribution >= 4 is 45.5 Å². The van der Waals surface area contributed by atoms with E-state index in [-0.39, 0.29) is 6.79 Å². The van der Waals surface area contributed by atoms with Crippen LogP contribution in [0.3, 0.4) is 0 Å². The Hall–Kier alpha value is -1.80. The Labute approximate surface area is 164 Å². The normalized spacial score (nSPS) is 13.2. The number of ether oxygens (including phenoxy) is 2. The molecule has 26 heavy (non-hydrogen) atoms. The third-order valence-corrected chi connectivity index (χ3v) is 6.02. The summed E-state index contributed by atoms with van der Waals surface area (Å²) < 4.78 is 11.9. The summed E-state index contributed by atoms with van der Waals surface area (Å²) in [5.74, 6) is 1.58. The Morgan fingerprint density at radius 3 is 3.08 bits per heavy atom. The van der Waals surface area contributed by atoms with Gasteiger partial charge in [0, 0.05) is 27.6 Å². The largest absolute Gasteiger partial charge is 0.467 e. The van der Waals surface area contributed by atoms with Crippen LogP contribution in [0.15, 0.2) is 40.7 Å². The minimum absolute atomic E-state index is 0.273. The van der Waals surface area contributed by atoms with Gasteiger partial charge in [-0.3, -0.25) is 0 Å². The molecule has 0 bridgehead atoms. The highest BCUT2D eigenvalue weighted by atomic mass is 35.5. The molecule has 1 aliphatic rings. The lowest BCUT2D eigenvalue weighted by Gasteiger charge is -2.20. The van der Waals surface area contributed by atoms with Crippen molar-refractivity contribution in [2.24, 2.45) is 0 Å². The summed E-state index contributed by atoms with van der Waals surface area (Å²) in [5, 5.41) is 13.2. The number of aromatic nitrogens is 2. The zero-order valence-electron chi connectivity index (χ0n) is 14.0. The number of rotatable bonds is 5. The Morgan fingerprint density at radius 1 is 1.27 bits per heavy atom. The molecule has 0 atom stereocenters. The minimum Gasteiger partial charge on any atom is -0.467 e. The number of thioether (sulfide) groups is 1. The van der Waals surface area contributed by atoms with Gasteiger partial charge < -0.3 is 14.8 Å². The van der Waals surface area contributed by atoms with Crippen LogP contribution in [0.2, 0.25) is 5.02 Å². The molecule has 134 valence electrons. The lowest BCUT2D eigenvalue weighted by Crippen LogP contribution is -2.12. The van der Waals surface area contributed by atoms with Gasteiger partial charge in [0.05, 0.1) is 6.61 Å². The number of aryl methyl sites for hydroxylation is 1. The number of hydrogen-bond acceptors (Lipinski definition) is 7. The minimum atomic E-state index is 0.273. The molecule has 0 unspecified atom stereocenters. The summed E-state index contributed by atoms with van der Waals surface area (Å²) in [5.41, 5.74) is 4.24. The van der Waals surface area contributed by atoms with Gasteiger partial charge in [-0.25, -0.2) is 0 Å². The number of hydrogen-bond donors (Lipinski definition) is 1. The summed E-state index contributed by atoms with van der Waals surface area (Å²) in [6, 6.07) is 12.0. The van der Waals surface area contributed by atoms with E-state index in [1.165, 1.54) is 16.9 Å². The molecule has 3 aromatic rings. The van der Waals surface area contributed by atoms with Crippen molar-refractivity contribution in [3.63, 3.8) is 0 Å². The Bertz CT molecular complexity index is 933. The molecule has 0 spiro atoms. The van der Waals surface area contributed by atoms with Crippen molar-refractivity contribution in [2.45, 2.75) is 23.6 Å². The Kier molecular flexibility index (Phi) is 5.31. The third-order valence-electron chi connectivity index (χ3n) is 3.78. The zero-order valence-corrected chi connectivity index (χ0v) is 16.4. The van der Waals surface area contributed by atoms with Gasteiger partial charge in [-0.05, 0) is 36.8 Å². The van der Waals surface area contributed by atoms with Gasteiger partial charge in [0.15, 0.2) is 11.1 Å². The topological polar surface area (TPSA) is 56.3 Å². The molecule has 4 rings (SSSR count). The van der Waals surface area contributed by atoms with Gasteiger partial charge in [0.25, 0.3) is 0 Å². The van der Waals surface area contributed by atoms with E-state index in [2.05, 4.69) is 34.6 Å². The average Bonchev–Trinajstić information content (AvgIpc) is 3.07. The third kappa shape index (κ3) is 4.12. The fourth-order valence-electron chi connectivity index (χ4n) is 2.67. The van der Waals surface area contributed by atoms with Crippen LogP contribution in [0.4, 0.5) is 10.8 Å². The van der Waals surface area contributed by atoms with Gasteiger partial charge in [0.1, 0.15) is 5.75 Å². The molecule has 0 saturated heterocycles. The second kappa shape index (κ2) is 7.84. The summed E-state index contributed by atoms with van der Waals surface area (Å²) in [7, 11) is 0. The number of anilines is 2. The number of fused-ring (bicyclic) bond motifs is 1. The molecule has 0 radical (unpaired) electrons. The van der Waals surface area contributed by atoms with Gasteiger partial charge in [-0.15, -0.1) is 10.2 Å². The molecule has 0 aliphatic carbocycles. The van der Waals surface area contributed by atoms with Crippen molar-refractivity contribution in [1.29, 1.82) is 0 Å².